The van der Waals surface area contributed by atoms with Crippen LogP contribution in [0.3, 0.4) is 0 Å². The predicted octanol–water partition coefficient (Wildman–Crippen LogP) is 2.01. The van der Waals surface area contributed by atoms with Crippen LogP contribution < -0.4 is 19.9 Å². The molecule has 0 saturated carbocycles. The quantitative estimate of drug-likeness (QED) is 0.782. The molecular formula is C15H18N2O3. The second kappa shape index (κ2) is 7.35. The summed E-state index contributed by atoms with van der Waals surface area (Å²) < 4.78 is 16.3. The number of nitrogens with two attached hydrogens (primary N) is 1. The lowest BCUT2D eigenvalue weighted by molar-refractivity contribution is 0.211. The number of methoxy groups -OCH3 is 1. The molecule has 1 heterocycles. The summed E-state index contributed by atoms with van der Waals surface area (Å²) >= 11 is 0. The normalized spacial score (nSPS) is 10.1. The van der Waals surface area contributed by atoms with Gasteiger partial charge in [0, 0.05) is 6.54 Å². The first-order valence-corrected chi connectivity index (χ1v) is 6.37. The molecule has 2 rings (SSSR count). The van der Waals surface area contributed by atoms with E-state index in [-0.39, 0.29) is 0 Å². The van der Waals surface area contributed by atoms with Gasteiger partial charge in [-0.25, -0.2) is 0 Å². The van der Waals surface area contributed by atoms with Crippen LogP contribution in [0.2, 0.25) is 0 Å². The van der Waals surface area contributed by atoms with Gasteiger partial charge < -0.3 is 19.9 Å². The van der Waals surface area contributed by atoms with E-state index in [1.54, 1.807) is 13.3 Å². The van der Waals surface area contributed by atoms with Gasteiger partial charge in [-0.05, 0) is 24.3 Å². The van der Waals surface area contributed by atoms with Gasteiger partial charge in [0.05, 0.1) is 19.0 Å². The highest BCUT2D eigenvalue weighted by molar-refractivity contribution is 5.39. The number of nitrogens with zero attached hydrogens (tertiary/aromatic N) is 1. The zero-order valence-corrected chi connectivity index (χ0v) is 11.4. The Labute approximate surface area is 118 Å². The molecule has 0 amide bonds. The van der Waals surface area contributed by atoms with Crippen molar-refractivity contribution in [2.24, 2.45) is 5.73 Å². The van der Waals surface area contributed by atoms with Gasteiger partial charge >= 0.3 is 0 Å². The van der Waals surface area contributed by atoms with Crippen LogP contribution in [0.25, 0.3) is 0 Å². The Morgan fingerprint density at radius 3 is 2.40 bits per heavy atom. The monoisotopic (exact) mass is 274 g/mol. The number of para-hydroxylation sites is 2. The van der Waals surface area contributed by atoms with Crippen molar-refractivity contribution in [3.8, 4) is 17.2 Å². The van der Waals surface area contributed by atoms with Crippen molar-refractivity contribution in [1.29, 1.82) is 0 Å². The van der Waals surface area contributed by atoms with Crippen molar-refractivity contribution in [2.45, 2.75) is 6.54 Å². The second-order valence-corrected chi connectivity index (χ2v) is 4.04. The Bertz CT molecular complexity index is 529. The molecule has 0 aliphatic heterocycles. The lowest BCUT2D eigenvalue weighted by Gasteiger charge is -2.11. The summed E-state index contributed by atoms with van der Waals surface area (Å²) in [4.78, 5) is 4.15. The molecular weight excluding hydrogens is 256 g/mol. The molecule has 0 radical (unpaired) electrons. The van der Waals surface area contributed by atoms with Crippen LogP contribution in [0.5, 0.6) is 17.2 Å². The van der Waals surface area contributed by atoms with Crippen LogP contribution in [-0.2, 0) is 6.54 Å². The molecule has 5 heteroatoms. The minimum absolute atomic E-state index is 0.428. The maximum atomic E-state index is 5.60. The van der Waals surface area contributed by atoms with Gasteiger partial charge in [0.2, 0.25) is 0 Å². The van der Waals surface area contributed by atoms with Gasteiger partial charge in [0.25, 0.3) is 0 Å². The fourth-order valence-corrected chi connectivity index (χ4v) is 1.67. The second-order valence-electron chi connectivity index (χ2n) is 4.04. The molecule has 1 aromatic heterocycles. The van der Waals surface area contributed by atoms with E-state index in [4.69, 9.17) is 19.9 Å². The summed E-state index contributed by atoms with van der Waals surface area (Å²) in [6, 6.07) is 11.2. The molecule has 0 unspecified atom stereocenters. The number of benzene rings is 1. The lowest BCUT2D eigenvalue weighted by Crippen LogP contribution is -2.10. The highest BCUT2D eigenvalue weighted by Crippen LogP contribution is 2.25. The number of rotatable bonds is 7. The molecule has 0 atom stereocenters. The van der Waals surface area contributed by atoms with Gasteiger partial charge in [0.15, 0.2) is 11.5 Å². The number of hydrogen-bond acceptors (Lipinski definition) is 5. The third kappa shape index (κ3) is 3.86. The van der Waals surface area contributed by atoms with E-state index in [1.807, 2.05) is 36.4 Å². The highest BCUT2D eigenvalue weighted by atomic mass is 16.5. The van der Waals surface area contributed by atoms with Gasteiger partial charge in [-0.15, -0.1) is 0 Å². The van der Waals surface area contributed by atoms with Crippen LogP contribution in [-0.4, -0.2) is 25.3 Å². The average Bonchev–Trinajstić information content (AvgIpc) is 2.52. The molecule has 20 heavy (non-hydrogen) atoms. The van der Waals surface area contributed by atoms with Crippen LogP contribution in [0.4, 0.5) is 0 Å². The summed E-state index contributed by atoms with van der Waals surface area (Å²) in [6.07, 6.45) is 1.66. The molecule has 106 valence electrons. The first kappa shape index (κ1) is 14.1. The zero-order valence-electron chi connectivity index (χ0n) is 11.4. The van der Waals surface area contributed by atoms with E-state index in [2.05, 4.69) is 4.98 Å². The first-order valence-electron chi connectivity index (χ1n) is 6.37. The molecule has 5 nitrogen and oxygen atoms in total. The van der Waals surface area contributed by atoms with E-state index in [9.17, 15) is 0 Å². The van der Waals surface area contributed by atoms with E-state index in [0.29, 0.717) is 37.0 Å². The molecule has 0 aliphatic rings. The smallest absolute Gasteiger partial charge is 0.161 e. The Kier molecular flexibility index (Phi) is 5.20. The van der Waals surface area contributed by atoms with Crippen molar-refractivity contribution in [2.75, 3.05) is 20.3 Å². The highest BCUT2D eigenvalue weighted by Gasteiger charge is 2.02. The summed E-state index contributed by atoms with van der Waals surface area (Å²) in [5, 5.41) is 0. The molecule has 0 bridgehead atoms. The van der Waals surface area contributed by atoms with E-state index in [1.165, 1.54) is 0 Å². The molecule has 0 fully saturated rings. The topological polar surface area (TPSA) is 66.6 Å². The molecule has 1 aromatic carbocycles. The maximum absolute atomic E-state index is 5.60. The number of ether oxygens (including phenoxy) is 3. The Balaban J connectivity index is 1.78. The van der Waals surface area contributed by atoms with E-state index < -0.39 is 0 Å². The summed E-state index contributed by atoms with van der Waals surface area (Å²) in [5.74, 6) is 2.11. The molecule has 0 saturated heterocycles. The molecule has 2 N–H and O–H groups in total. The van der Waals surface area contributed by atoms with Gasteiger partial charge in [0.1, 0.15) is 19.0 Å². The van der Waals surface area contributed by atoms with Gasteiger partial charge in [-0.1, -0.05) is 12.1 Å². The van der Waals surface area contributed by atoms with Crippen molar-refractivity contribution in [3.05, 3.63) is 48.3 Å². The van der Waals surface area contributed by atoms with Crippen molar-refractivity contribution in [1.82, 2.24) is 4.98 Å². The third-order valence-corrected chi connectivity index (χ3v) is 2.69. The standard InChI is InChI=1S/C15H18N2O3/c1-18-14-4-2-3-5-15(14)20-9-8-19-13-7-6-12(10-16)17-11-13/h2-7,11H,8-10,16H2,1H3. The zero-order chi connectivity index (χ0) is 14.2. The van der Waals surface area contributed by atoms with Crippen LogP contribution >= 0.6 is 0 Å². The minimum Gasteiger partial charge on any atom is -0.493 e. The third-order valence-electron chi connectivity index (χ3n) is 2.69. The Morgan fingerprint density at radius 2 is 1.75 bits per heavy atom. The Hall–Kier alpha value is -2.27. The lowest BCUT2D eigenvalue weighted by atomic mass is 10.3. The number of hydrogen-bond donors (Lipinski definition) is 1. The van der Waals surface area contributed by atoms with Crippen molar-refractivity contribution >= 4 is 0 Å². The SMILES string of the molecule is COc1ccccc1OCCOc1ccc(CN)nc1. The van der Waals surface area contributed by atoms with Crippen LogP contribution in [0.1, 0.15) is 5.69 Å². The average molecular weight is 274 g/mol. The minimum atomic E-state index is 0.428. The first-order chi connectivity index (χ1) is 9.83. The fraction of sp³-hybridized carbons (Fsp3) is 0.267. The number of aromatic nitrogens is 1. The van der Waals surface area contributed by atoms with Gasteiger partial charge in [-0.2, -0.15) is 0 Å². The van der Waals surface area contributed by atoms with E-state index >= 15 is 0 Å². The van der Waals surface area contributed by atoms with Crippen LogP contribution in [0.15, 0.2) is 42.6 Å². The van der Waals surface area contributed by atoms with Crippen molar-refractivity contribution in [3.63, 3.8) is 0 Å². The predicted molar refractivity (Wildman–Crippen MR) is 76.1 cm³/mol. The summed E-state index contributed by atoms with van der Waals surface area (Å²) in [7, 11) is 1.61. The van der Waals surface area contributed by atoms with E-state index in [0.717, 1.165) is 5.69 Å². The summed E-state index contributed by atoms with van der Waals surface area (Å²) in [6.45, 7) is 1.29. The van der Waals surface area contributed by atoms with Crippen molar-refractivity contribution < 1.29 is 14.2 Å². The molecule has 0 aliphatic carbocycles. The van der Waals surface area contributed by atoms with Gasteiger partial charge in [-0.3, -0.25) is 4.98 Å². The summed E-state index contributed by atoms with van der Waals surface area (Å²) in [5.41, 5.74) is 6.31. The number of pyridine rings is 1. The maximum Gasteiger partial charge on any atom is 0.161 e. The van der Waals surface area contributed by atoms with Crippen LogP contribution in [0, 0.1) is 0 Å². The largest absolute Gasteiger partial charge is 0.493 e. The molecule has 2 aromatic rings. The fourth-order valence-electron chi connectivity index (χ4n) is 1.67. The molecule has 0 spiro atoms. The Morgan fingerprint density at radius 1 is 1.00 bits per heavy atom.